The van der Waals surface area contributed by atoms with E-state index in [0.29, 0.717) is 18.9 Å². The first-order valence-corrected chi connectivity index (χ1v) is 7.23. The number of benzene rings is 1. The lowest BCUT2D eigenvalue weighted by Gasteiger charge is -2.11. The zero-order valence-corrected chi connectivity index (χ0v) is 12.8. The zero-order valence-electron chi connectivity index (χ0n) is 12.8. The maximum absolute atomic E-state index is 10.2. The molecule has 20 heavy (non-hydrogen) atoms. The van der Waals surface area contributed by atoms with Crippen LogP contribution in [0.1, 0.15) is 42.3 Å². The third-order valence-corrected chi connectivity index (χ3v) is 3.39. The normalized spacial score (nSPS) is 12.9. The monoisotopic (exact) mass is 272 g/mol. The van der Waals surface area contributed by atoms with E-state index in [1.54, 1.807) is 0 Å². The van der Waals surface area contributed by atoms with Crippen LogP contribution in [0.4, 0.5) is 0 Å². The van der Waals surface area contributed by atoms with Crippen molar-refractivity contribution >= 4 is 0 Å². The van der Waals surface area contributed by atoms with Crippen LogP contribution in [0.3, 0.4) is 0 Å². The van der Waals surface area contributed by atoms with Gasteiger partial charge in [0.15, 0.2) is 0 Å². The van der Waals surface area contributed by atoms with Gasteiger partial charge in [-0.1, -0.05) is 29.3 Å². The van der Waals surface area contributed by atoms with Gasteiger partial charge in [0, 0.05) is 18.7 Å². The maximum Gasteiger partial charge on any atom is 0.0650 e. The van der Waals surface area contributed by atoms with E-state index in [4.69, 9.17) is 0 Å². The summed E-state index contributed by atoms with van der Waals surface area (Å²) in [6.45, 7) is 8.38. The van der Waals surface area contributed by atoms with Crippen molar-refractivity contribution in [3.63, 3.8) is 0 Å². The number of aliphatic hydroxyl groups is 1. The number of hydrogen-bond acceptors (Lipinski definition) is 2. The zero-order chi connectivity index (χ0) is 14.7. The summed E-state index contributed by atoms with van der Waals surface area (Å²) in [6, 6.07) is 8.79. The molecule has 0 saturated carbocycles. The molecule has 3 heteroatoms. The summed E-state index contributed by atoms with van der Waals surface area (Å²) in [7, 11) is 0. The first-order valence-electron chi connectivity index (χ1n) is 7.23. The standard InChI is InChI=1S/C17H24N2O/c1-12(2)19-6-5-16(18-19)11-17(20)10-15-8-13(3)7-14(4)9-15/h5-9,12,17,20H,10-11H2,1-4H3. The van der Waals surface area contributed by atoms with E-state index in [1.165, 1.54) is 16.7 Å². The van der Waals surface area contributed by atoms with Crippen LogP contribution in [0, 0.1) is 13.8 Å². The van der Waals surface area contributed by atoms with Crippen LogP contribution in [0.2, 0.25) is 0 Å². The van der Waals surface area contributed by atoms with Crippen molar-refractivity contribution in [1.82, 2.24) is 9.78 Å². The molecule has 1 heterocycles. The molecule has 0 saturated heterocycles. The number of rotatable bonds is 5. The quantitative estimate of drug-likeness (QED) is 0.907. The van der Waals surface area contributed by atoms with Crippen molar-refractivity contribution in [2.45, 2.75) is 52.7 Å². The Bertz CT molecular complexity index is 552. The molecule has 1 atom stereocenters. The van der Waals surface area contributed by atoms with Gasteiger partial charge >= 0.3 is 0 Å². The molecule has 108 valence electrons. The molecule has 0 amide bonds. The lowest BCUT2D eigenvalue weighted by Crippen LogP contribution is -2.15. The largest absolute Gasteiger partial charge is 0.392 e. The Kier molecular flexibility index (Phi) is 4.61. The second-order valence-corrected chi connectivity index (χ2v) is 5.94. The van der Waals surface area contributed by atoms with Crippen LogP contribution in [-0.4, -0.2) is 21.0 Å². The molecule has 1 N–H and O–H groups in total. The Balaban J connectivity index is 1.99. The van der Waals surface area contributed by atoms with Crippen molar-refractivity contribution < 1.29 is 5.11 Å². The van der Waals surface area contributed by atoms with Crippen molar-refractivity contribution in [3.05, 3.63) is 52.8 Å². The maximum atomic E-state index is 10.2. The second-order valence-electron chi connectivity index (χ2n) is 5.94. The summed E-state index contributed by atoms with van der Waals surface area (Å²) in [6.07, 6.45) is 2.87. The Morgan fingerprint density at radius 3 is 2.30 bits per heavy atom. The number of aryl methyl sites for hydroxylation is 2. The van der Waals surface area contributed by atoms with Gasteiger partial charge in [-0.15, -0.1) is 0 Å². The Morgan fingerprint density at radius 1 is 1.10 bits per heavy atom. The highest BCUT2D eigenvalue weighted by Crippen LogP contribution is 2.13. The minimum absolute atomic E-state index is 0.361. The topological polar surface area (TPSA) is 38.0 Å². The molecule has 0 radical (unpaired) electrons. The third-order valence-electron chi connectivity index (χ3n) is 3.39. The van der Waals surface area contributed by atoms with Crippen molar-refractivity contribution in [3.8, 4) is 0 Å². The fourth-order valence-electron chi connectivity index (χ4n) is 2.55. The highest BCUT2D eigenvalue weighted by atomic mass is 16.3. The molecule has 1 aromatic heterocycles. The van der Waals surface area contributed by atoms with E-state index in [9.17, 15) is 5.11 Å². The van der Waals surface area contributed by atoms with Gasteiger partial charge in [-0.05, 0) is 45.7 Å². The number of aromatic nitrogens is 2. The van der Waals surface area contributed by atoms with Gasteiger partial charge in [0.25, 0.3) is 0 Å². The minimum Gasteiger partial charge on any atom is -0.392 e. The molecule has 0 bridgehead atoms. The fourth-order valence-corrected chi connectivity index (χ4v) is 2.55. The van der Waals surface area contributed by atoms with E-state index < -0.39 is 0 Å². The molecule has 2 aromatic rings. The Hall–Kier alpha value is -1.61. The molecular formula is C17H24N2O. The summed E-state index contributed by atoms with van der Waals surface area (Å²) in [5.74, 6) is 0. The van der Waals surface area contributed by atoms with Gasteiger partial charge in [0.05, 0.1) is 11.8 Å². The van der Waals surface area contributed by atoms with Crippen LogP contribution >= 0.6 is 0 Å². The number of aliphatic hydroxyl groups excluding tert-OH is 1. The molecule has 2 rings (SSSR count). The van der Waals surface area contributed by atoms with E-state index >= 15 is 0 Å². The first-order chi connectivity index (χ1) is 9.44. The fraction of sp³-hybridized carbons (Fsp3) is 0.471. The van der Waals surface area contributed by atoms with E-state index in [2.05, 4.69) is 51.0 Å². The van der Waals surface area contributed by atoms with Crippen LogP contribution in [0.15, 0.2) is 30.5 Å². The molecule has 0 aliphatic rings. The second kappa shape index (κ2) is 6.23. The molecule has 1 unspecified atom stereocenters. The summed E-state index contributed by atoms with van der Waals surface area (Å²) in [5.41, 5.74) is 4.64. The summed E-state index contributed by atoms with van der Waals surface area (Å²) in [5, 5.41) is 14.7. The average molecular weight is 272 g/mol. The SMILES string of the molecule is Cc1cc(C)cc(CC(O)Cc2ccn(C(C)C)n2)c1. The van der Waals surface area contributed by atoms with Crippen LogP contribution in [-0.2, 0) is 12.8 Å². The van der Waals surface area contributed by atoms with E-state index in [1.807, 2.05) is 16.9 Å². The average Bonchev–Trinajstić information content (AvgIpc) is 2.75. The Morgan fingerprint density at radius 2 is 1.75 bits per heavy atom. The van der Waals surface area contributed by atoms with Gasteiger partial charge in [-0.3, -0.25) is 4.68 Å². The van der Waals surface area contributed by atoms with Crippen LogP contribution in [0.25, 0.3) is 0 Å². The van der Waals surface area contributed by atoms with Crippen molar-refractivity contribution in [2.24, 2.45) is 0 Å². The first kappa shape index (κ1) is 14.8. The molecule has 0 fully saturated rings. The Labute approximate surface area is 121 Å². The van der Waals surface area contributed by atoms with Crippen molar-refractivity contribution in [2.75, 3.05) is 0 Å². The third kappa shape index (κ3) is 3.94. The lowest BCUT2D eigenvalue weighted by molar-refractivity contribution is 0.174. The summed E-state index contributed by atoms with van der Waals surface area (Å²) in [4.78, 5) is 0. The molecule has 1 aromatic carbocycles. The summed E-state index contributed by atoms with van der Waals surface area (Å²) < 4.78 is 1.93. The predicted octanol–water partition coefficient (Wildman–Crippen LogP) is 3.23. The van der Waals surface area contributed by atoms with Gasteiger partial charge in [0.2, 0.25) is 0 Å². The van der Waals surface area contributed by atoms with Gasteiger partial charge in [-0.2, -0.15) is 5.10 Å². The minimum atomic E-state index is -0.383. The van der Waals surface area contributed by atoms with E-state index in [0.717, 1.165) is 5.69 Å². The van der Waals surface area contributed by atoms with Gasteiger partial charge < -0.3 is 5.11 Å². The van der Waals surface area contributed by atoms with Gasteiger partial charge in [-0.25, -0.2) is 0 Å². The molecular weight excluding hydrogens is 248 g/mol. The summed E-state index contributed by atoms with van der Waals surface area (Å²) >= 11 is 0. The number of hydrogen-bond donors (Lipinski definition) is 1. The smallest absolute Gasteiger partial charge is 0.0650 e. The van der Waals surface area contributed by atoms with Crippen LogP contribution < -0.4 is 0 Å². The molecule has 0 spiro atoms. The lowest BCUT2D eigenvalue weighted by atomic mass is 10.0. The predicted molar refractivity (Wildman–Crippen MR) is 81.9 cm³/mol. The molecule has 3 nitrogen and oxygen atoms in total. The van der Waals surface area contributed by atoms with Gasteiger partial charge in [0.1, 0.15) is 0 Å². The highest BCUT2D eigenvalue weighted by molar-refractivity contribution is 5.29. The van der Waals surface area contributed by atoms with Crippen molar-refractivity contribution in [1.29, 1.82) is 0 Å². The van der Waals surface area contributed by atoms with Crippen LogP contribution in [0.5, 0.6) is 0 Å². The van der Waals surface area contributed by atoms with E-state index in [-0.39, 0.29) is 6.10 Å². The molecule has 0 aliphatic heterocycles. The number of nitrogens with zero attached hydrogens (tertiary/aromatic N) is 2. The highest BCUT2D eigenvalue weighted by Gasteiger charge is 2.10. The molecule has 0 aliphatic carbocycles.